The van der Waals surface area contributed by atoms with Crippen molar-refractivity contribution in [2.75, 3.05) is 0 Å². The second-order valence-electron chi connectivity index (χ2n) is 4.34. The van der Waals surface area contributed by atoms with Crippen LogP contribution in [-0.4, -0.2) is 28.9 Å². The van der Waals surface area contributed by atoms with E-state index in [2.05, 4.69) is 10.1 Å². The van der Waals surface area contributed by atoms with Gasteiger partial charge in [0.2, 0.25) is 0 Å². The summed E-state index contributed by atoms with van der Waals surface area (Å²) in [5.41, 5.74) is 2.25. The molecule has 1 heterocycles. The highest BCUT2D eigenvalue weighted by Gasteiger charge is 2.06. The standard InChI is InChI=1S/C7H7ClN2O.C7H8O3S/c1-5(10-11)6-2-3-9-7(8)4-6;1-6-2-4-7(5-3-6)11(8,9)10/h2-4,11H,1H3;2-5H,1H3,(H,8,9,10). The first-order chi connectivity index (χ1) is 10.2. The highest BCUT2D eigenvalue weighted by molar-refractivity contribution is 7.85. The molecule has 8 heteroatoms. The van der Waals surface area contributed by atoms with E-state index in [1.165, 1.54) is 12.1 Å². The van der Waals surface area contributed by atoms with E-state index in [4.69, 9.17) is 21.4 Å². The van der Waals surface area contributed by atoms with Crippen LogP contribution in [0.2, 0.25) is 5.15 Å². The molecule has 0 bridgehead atoms. The Hall–Kier alpha value is -1.96. The molecule has 0 unspecified atom stereocenters. The first-order valence-corrected chi connectivity index (χ1v) is 7.90. The van der Waals surface area contributed by atoms with Crippen LogP contribution < -0.4 is 0 Å². The van der Waals surface area contributed by atoms with E-state index in [1.54, 1.807) is 37.4 Å². The number of aromatic nitrogens is 1. The summed E-state index contributed by atoms with van der Waals surface area (Å²) in [6.45, 7) is 3.53. The SMILES string of the molecule is CC(=NO)c1ccnc(Cl)c1.Cc1ccc(S(=O)(=O)O)cc1. The zero-order valence-corrected chi connectivity index (χ0v) is 13.5. The largest absolute Gasteiger partial charge is 0.411 e. The molecule has 2 aromatic rings. The van der Waals surface area contributed by atoms with Crippen LogP contribution in [0.15, 0.2) is 52.6 Å². The molecule has 0 aliphatic rings. The van der Waals surface area contributed by atoms with Gasteiger partial charge in [0.05, 0.1) is 10.6 Å². The molecule has 0 amide bonds. The lowest BCUT2D eigenvalue weighted by Crippen LogP contribution is -1.96. The fourth-order valence-electron chi connectivity index (χ4n) is 1.40. The minimum absolute atomic E-state index is 0.0666. The molecule has 1 aromatic carbocycles. The van der Waals surface area contributed by atoms with Crippen molar-refractivity contribution in [1.82, 2.24) is 4.98 Å². The third-order valence-electron chi connectivity index (χ3n) is 2.61. The quantitative estimate of drug-likeness (QED) is 0.287. The van der Waals surface area contributed by atoms with E-state index in [1.807, 2.05) is 6.92 Å². The van der Waals surface area contributed by atoms with E-state index < -0.39 is 10.1 Å². The van der Waals surface area contributed by atoms with E-state index in [0.29, 0.717) is 10.9 Å². The van der Waals surface area contributed by atoms with Crippen molar-refractivity contribution < 1.29 is 18.2 Å². The predicted molar refractivity (Wildman–Crippen MR) is 84.2 cm³/mol. The lowest BCUT2D eigenvalue weighted by Gasteiger charge is -1.96. The molecule has 0 saturated heterocycles. The molecule has 0 spiro atoms. The summed E-state index contributed by atoms with van der Waals surface area (Å²) in [6, 6.07) is 9.35. The Morgan fingerprint density at radius 2 is 1.82 bits per heavy atom. The van der Waals surface area contributed by atoms with Gasteiger partial charge in [-0.3, -0.25) is 4.55 Å². The number of hydrogen-bond acceptors (Lipinski definition) is 5. The van der Waals surface area contributed by atoms with Gasteiger partial charge < -0.3 is 5.21 Å². The minimum Gasteiger partial charge on any atom is -0.411 e. The maximum absolute atomic E-state index is 10.5. The Labute approximate surface area is 133 Å². The molecule has 1 aromatic heterocycles. The van der Waals surface area contributed by atoms with Crippen molar-refractivity contribution in [3.63, 3.8) is 0 Å². The van der Waals surface area contributed by atoms with Crippen molar-refractivity contribution in [2.24, 2.45) is 5.16 Å². The lowest BCUT2D eigenvalue weighted by molar-refractivity contribution is 0.319. The Morgan fingerprint density at radius 3 is 2.27 bits per heavy atom. The van der Waals surface area contributed by atoms with Crippen molar-refractivity contribution in [1.29, 1.82) is 0 Å². The van der Waals surface area contributed by atoms with Gasteiger partial charge in [-0.15, -0.1) is 0 Å². The summed E-state index contributed by atoms with van der Waals surface area (Å²) in [5.74, 6) is 0. The molecule has 2 rings (SSSR count). The lowest BCUT2D eigenvalue weighted by atomic mass is 10.2. The second-order valence-corrected chi connectivity index (χ2v) is 6.15. The average molecular weight is 343 g/mol. The Kier molecular flexibility index (Phi) is 6.48. The highest BCUT2D eigenvalue weighted by Crippen LogP contribution is 2.09. The number of nitrogens with zero attached hydrogens (tertiary/aromatic N) is 2. The van der Waals surface area contributed by atoms with Crippen molar-refractivity contribution in [3.05, 3.63) is 58.9 Å². The number of aryl methyl sites for hydroxylation is 1. The van der Waals surface area contributed by atoms with E-state index in [9.17, 15) is 8.42 Å². The van der Waals surface area contributed by atoms with Crippen LogP contribution in [0.5, 0.6) is 0 Å². The molecule has 0 aliphatic carbocycles. The molecule has 0 radical (unpaired) electrons. The maximum Gasteiger partial charge on any atom is 0.294 e. The van der Waals surface area contributed by atoms with Gasteiger partial charge in [-0.25, -0.2) is 4.98 Å². The van der Waals surface area contributed by atoms with Gasteiger partial charge in [0.25, 0.3) is 10.1 Å². The van der Waals surface area contributed by atoms with Crippen molar-refractivity contribution in [2.45, 2.75) is 18.7 Å². The molecule has 118 valence electrons. The van der Waals surface area contributed by atoms with Gasteiger partial charge >= 0.3 is 0 Å². The fourth-order valence-corrected chi connectivity index (χ4v) is 2.05. The van der Waals surface area contributed by atoms with E-state index in [0.717, 1.165) is 11.1 Å². The molecule has 22 heavy (non-hydrogen) atoms. The van der Waals surface area contributed by atoms with Gasteiger partial charge in [-0.05, 0) is 38.1 Å². The predicted octanol–water partition coefficient (Wildman–Crippen LogP) is 3.17. The molecule has 2 N–H and O–H groups in total. The molecular weight excluding hydrogens is 328 g/mol. The third kappa shape index (κ3) is 5.80. The number of pyridine rings is 1. The van der Waals surface area contributed by atoms with Crippen LogP contribution >= 0.6 is 11.6 Å². The van der Waals surface area contributed by atoms with Crippen molar-refractivity contribution in [3.8, 4) is 0 Å². The molecule has 0 atom stereocenters. The van der Waals surface area contributed by atoms with Crippen LogP contribution in [0.3, 0.4) is 0 Å². The third-order valence-corrected chi connectivity index (χ3v) is 3.69. The summed E-state index contributed by atoms with van der Waals surface area (Å²) in [7, 11) is -4.02. The van der Waals surface area contributed by atoms with Gasteiger partial charge in [0.15, 0.2) is 0 Å². The fraction of sp³-hybridized carbons (Fsp3) is 0.143. The maximum atomic E-state index is 10.5. The summed E-state index contributed by atoms with van der Waals surface area (Å²) in [6.07, 6.45) is 1.56. The number of halogens is 1. The number of rotatable bonds is 2. The molecule has 6 nitrogen and oxygen atoms in total. The van der Waals surface area contributed by atoms with Gasteiger partial charge in [0, 0.05) is 11.8 Å². The van der Waals surface area contributed by atoms with Crippen LogP contribution in [0.4, 0.5) is 0 Å². The minimum atomic E-state index is -4.02. The molecule has 0 fully saturated rings. The summed E-state index contributed by atoms with van der Waals surface area (Å²) in [5, 5.41) is 11.8. The topological polar surface area (TPSA) is 99.9 Å². The van der Waals surface area contributed by atoms with Crippen LogP contribution in [-0.2, 0) is 10.1 Å². The monoisotopic (exact) mass is 342 g/mol. The van der Waals surface area contributed by atoms with Gasteiger partial charge in [-0.2, -0.15) is 8.42 Å². The van der Waals surface area contributed by atoms with E-state index >= 15 is 0 Å². The van der Waals surface area contributed by atoms with Crippen LogP contribution in [0.1, 0.15) is 18.1 Å². The summed E-state index contributed by atoms with van der Waals surface area (Å²) < 4.78 is 29.6. The molecular formula is C14H15ClN2O4S. The summed E-state index contributed by atoms with van der Waals surface area (Å²) >= 11 is 5.60. The normalized spacial score (nSPS) is 11.5. The Balaban J connectivity index is 0.000000220. The zero-order valence-electron chi connectivity index (χ0n) is 11.9. The van der Waals surface area contributed by atoms with Crippen molar-refractivity contribution >= 4 is 27.4 Å². The first kappa shape index (κ1) is 18.1. The smallest absolute Gasteiger partial charge is 0.294 e. The average Bonchev–Trinajstić information content (AvgIpc) is 2.46. The van der Waals surface area contributed by atoms with E-state index in [-0.39, 0.29) is 4.90 Å². The Bertz CT molecular complexity index is 759. The number of benzene rings is 1. The number of hydrogen-bond donors (Lipinski definition) is 2. The Morgan fingerprint density at radius 1 is 1.23 bits per heavy atom. The molecule has 0 aliphatic heterocycles. The number of oxime groups is 1. The first-order valence-electron chi connectivity index (χ1n) is 6.09. The zero-order chi connectivity index (χ0) is 16.8. The van der Waals surface area contributed by atoms with Crippen LogP contribution in [0, 0.1) is 6.92 Å². The van der Waals surface area contributed by atoms with Gasteiger partial charge in [0.1, 0.15) is 5.15 Å². The highest BCUT2D eigenvalue weighted by atomic mass is 35.5. The summed E-state index contributed by atoms with van der Waals surface area (Å²) in [4.78, 5) is 3.72. The second kappa shape index (κ2) is 7.88. The van der Waals surface area contributed by atoms with Gasteiger partial charge in [-0.1, -0.05) is 34.5 Å². The molecule has 0 saturated carbocycles. The van der Waals surface area contributed by atoms with Crippen LogP contribution in [0.25, 0.3) is 0 Å².